The molecule has 1 saturated heterocycles. The molecular formula is C10H12O5. The highest BCUT2D eigenvalue weighted by Gasteiger charge is 2.34. The lowest BCUT2D eigenvalue weighted by Crippen LogP contribution is -2.17. The molecule has 1 unspecified atom stereocenters. The topological polar surface area (TPSA) is 69.7 Å². The summed E-state index contributed by atoms with van der Waals surface area (Å²) in [5.74, 6) is -2.34. The number of allylic oxidation sites excluding steroid dienone is 1. The second-order valence-electron chi connectivity index (χ2n) is 3.55. The van der Waals surface area contributed by atoms with E-state index in [4.69, 9.17) is 4.74 Å². The molecule has 0 aromatic rings. The van der Waals surface area contributed by atoms with Gasteiger partial charge >= 0.3 is 17.9 Å². The summed E-state index contributed by atoms with van der Waals surface area (Å²) in [5, 5.41) is 0. The number of hydrogen-bond donors (Lipinski definition) is 0. The van der Waals surface area contributed by atoms with Crippen LogP contribution in [0.2, 0.25) is 0 Å². The summed E-state index contributed by atoms with van der Waals surface area (Å²) in [6.07, 6.45) is 1.31. The van der Waals surface area contributed by atoms with Crippen LogP contribution in [-0.4, -0.2) is 24.5 Å². The summed E-state index contributed by atoms with van der Waals surface area (Å²) in [5.41, 5.74) is 0.810. The van der Waals surface area contributed by atoms with Crippen molar-refractivity contribution in [3.05, 3.63) is 11.6 Å². The molecular weight excluding hydrogens is 200 g/mol. The third-order valence-corrected chi connectivity index (χ3v) is 1.79. The van der Waals surface area contributed by atoms with Crippen LogP contribution in [0.1, 0.15) is 20.3 Å². The molecule has 82 valence electrons. The number of hydrogen-bond acceptors (Lipinski definition) is 5. The quantitative estimate of drug-likeness (QED) is 0.389. The molecule has 0 saturated carbocycles. The van der Waals surface area contributed by atoms with Crippen LogP contribution in [0.3, 0.4) is 0 Å². The van der Waals surface area contributed by atoms with Crippen molar-refractivity contribution in [2.45, 2.75) is 20.3 Å². The first-order valence-electron chi connectivity index (χ1n) is 4.55. The third kappa shape index (κ3) is 3.53. The zero-order valence-corrected chi connectivity index (χ0v) is 8.61. The van der Waals surface area contributed by atoms with Crippen molar-refractivity contribution in [1.29, 1.82) is 0 Å². The molecule has 5 heteroatoms. The van der Waals surface area contributed by atoms with Crippen LogP contribution in [0.15, 0.2) is 11.6 Å². The molecule has 0 amide bonds. The molecule has 0 N–H and O–H groups in total. The first kappa shape index (κ1) is 11.4. The SMILES string of the molecule is CC(C)=CC(=O)OCC1CC(=O)OC1=O. The maximum atomic E-state index is 11.1. The van der Waals surface area contributed by atoms with Gasteiger partial charge in [-0.3, -0.25) is 9.59 Å². The molecule has 0 aromatic carbocycles. The van der Waals surface area contributed by atoms with Crippen LogP contribution in [0.25, 0.3) is 0 Å². The minimum Gasteiger partial charge on any atom is -0.462 e. The van der Waals surface area contributed by atoms with E-state index in [0.29, 0.717) is 0 Å². The van der Waals surface area contributed by atoms with Gasteiger partial charge < -0.3 is 9.47 Å². The van der Waals surface area contributed by atoms with Crippen molar-refractivity contribution in [2.75, 3.05) is 6.61 Å². The monoisotopic (exact) mass is 212 g/mol. The fraction of sp³-hybridized carbons (Fsp3) is 0.500. The molecule has 0 aromatic heterocycles. The fourth-order valence-corrected chi connectivity index (χ4v) is 1.11. The maximum Gasteiger partial charge on any atom is 0.330 e. The normalized spacial score (nSPS) is 19.7. The Kier molecular flexibility index (Phi) is 3.60. The zero-order chi connectivity index (χ0) is 11.4. The summed E-state index contributed by atoms with van der Waals surface area (Å²) in [4.78, 5) is 32.7. The van der Waals surface area contributed by atoms with E-state index in [2.05, 4.69) is 4.74 Å². The Hall–Kier alpha value is -1.65. The van der Waals surface area contributed by atoms with Crippen LogP contribution in [0.5, 0.6) is 0 Å². The summed E-state index contributed by atoms with van der Waals surface area (Å²) in [6, 6.07) is 0. The number of carbonyl (C=O) groups excluding carboxylic acids is 3. The summed E-state index contributed by atoms with van der Waals surface area (Å²) in [6.45, 7) is 3.41. The highest BCUT2D eigenvalue weighted by molar-refractivity contribution is 5.94. The van der Waals surface area contributed by atoms with Crippen molar-refractivity contribution in [2.24, 2.45) is 5.92 Å². The molecule has 1 heterocycles. The van der Waals surface area contributed by atoms with E-state index >= 15 is 0 Å². The number of carbonyl (C=O) groups is 3. The van der Waals surface area contributed by atoms with Crippen LogP contribution in [-0.2, 0) is 23.9 Å². The lowest BCUT2D eigenvalue weighted by Gasteiger charge is -2.04. The molecule has 1 fully saturated rings. The van der Waals surface area contributed by atoms with Crippen LogP contribution in [0, 0.1) is 5.92 Å². The minimum atomic E-state index is -0.646. The molecule has 0 bridgehead atoms. The number of rotatable bonds is 3. The predicted octanol–water partition coefficient (Wildman–Crippen LogP) is 0.585. The van der Waals surface area contributed by atoms with Crippen molar-refractivity contribution in [3.8, 4) is 0 Å². The Labute approximate surface area is 87.0 Å². The van der Waals surface area contributed by atoms with E-state index in [-0.39, 0.29) is 13.0 Å². The molecule has 1 rings (SSSR count). The Balaban J connectivity index is 2.38. The first-order valence-corrected chi connectivity index (χ1v) is 4.55. The lowest BCUT2D eigenvalue weighted by atomic mass is 10.1. The second kappa shape index (κ2) is 4.72. The molecule has 0 aliphatic carbocycles. The van der Waals surface area contributed by atoms with E-state index in [0.717, 1.165) is 5.57 Å². The van der Waals surface area contributed by atoms with Gasteiger partial charge in [-0.05, 0) is 13.8 Å². The summed E-state index contributed by atoms with van der Waals surface area (Å²) < 4.78 is 9.09. The molecule has 0 spiro atoms. The van der Waals surface area contributed by atoms with Crippen molar-refractivity contribution >= 4 is 17.9 Å². The Morgan fingerprint density at radius 1 is 1.53 bits per heavy atom. The van der Waals surface area contributed by atoms with Crippen LogP contribution >= 0.6 is 0 Å². The first-order chi connectivity index (χ1) is 6.99. The van der Waals surface area contributed by atoms with E-state index in [1.165, 1.54) is 6.08 Å². The van der Waals surface area contributed by atoms with Gasteiger partial charge in [-0.2, -0.15) is 0 Å². The molecule has 1 atom stereocenters. The van der Waals surface area contributed by atoms with Gasteiger partial charge in [0.15, 0.2) is 0 Å². The number of ether oxygens (including phenoxy) is 2. The van der Waals surface area contributed by atoms with Gasteiger partial charge in [0.05, 0.1) is 6.42 Å². The van der Waals surface area contributed by atoms with Crippen molar-refractivity contribution < 1.29 is 23.9 Å². The Bertz CT molecular complexity index is 325. The van der Waals surface area contributed by atoms with Crippen molar-refractivity contribution in [1.82, 2.24) is 0 Å². The van der Waals surface area contributed by atoms with Gasteiger partial charge in [-0.1, -0.05) is 5.57 Å². The van der Waals surface area contributed by atoms with Gasteiger partial charge in [0.2, 0.25) is 0 Å². The van der Waals surface area contributed by atoms with Gasteiger partial charge in [0, 0.05) is 6.08 Å². The Morgan fingerprint density at radius 3 is 2.67 bits per heavy atom. The molecule has 15 heavy (non-hydrogen) atoms. The highest BCUT2D eigenvalue weighted by Crippen LogP contribution is 2.16. The van der Waals surface area contributed by atoms with E-state index in [1.807, 2.05) is 0 Å². The second-order valence-corrected chi connectivity index (χ2v) is 3.55. The molecule has 5 nitrogen and oxygen atoms in total. The van der Waals surface area contributed by atoms with Crippen LogP contribution in [0.4, 0.5) is 0 Å². The Morgan fingerprint density at radius 2 is 2.20 bits per heavy atom. The van der Waals surface area contributed by atoms with Gasteiger partial charge in [-0.25, -0.2) is 4.79 Å². The van der Waals surface area contributed by atoms with Crippen LogP contribution < -0.4 is 0 Å². The lowest BCUT2D eigenvalue weighted by molar-refractivity contribution is -0.153. The smallest absolute Gasteiger partial charge is 0.330 e. The van der Waals surface area contributed by atoms with Crippen molar-refractivity contribution in [3.63, 3.8) is 0 Å². The summed E-state index contributed by atoms with van der Waals surface area (Å²) in [7, 11) is 0. The van der Waals surface area contributed by atoms with Gasteiger partial charge in [-0.15, -0.1) is 0 Å². The zero-order valence-electron chi connectivity index (χ0n) is 8.61. The predicted molar refractivity (Wildman–Crippen MR) is 49.6 cm³/mol. The van der Waals surface area contributed by atoms with Gasteiger partial charge in [0.25, 0.3) is 0 Å². The standard InChI is InChI=1S/C10H12O5/c1-6(2)3-8(11)14-5-7-4-9(12)15-10(7)13/h3,7H,4-5H2,1-2H3. The number of esters is 3. The molecule has 1 aliphatic rings. The highest BCUT2D eigenvalue weighted by atomic mass is 16.6. The number of cyclic esters (lactones) is 2. The largest absolute Gasteiger partial charge is 0.462 e. The average Bonchev–Trinajstić information content (AvgIpc) is 2.40. The third-order valence-electron chi connectivity index (χ3n) is 1.79. The fourth-order valence-electron chi connectivity index (χ4n) is 1.11. The van der Waals surface area contributed by atoms with Gasteiger partial charge in [0.1, 0.15) is 12.5 Å². The molecule has 0 radical (unpaired) electrons. The average molecular weight is 212 g/mol. The van der Waals surface area contributed by atoms with E-state index in [1.54, 1.807) is 13.8 Å². The van der Waals surface area contributed by atoms with E-state index < -0.39 is 23.8 Å². The molecule has 1 aliphatic heterocycles. The minimum absolute atomic E-state index is 0.0130. The summed E-state index contributed by atoms with van der Waals surface area (Å²) >= 11 is 0. The maximum absolute atomic E-state index is 11.1. The van der Waals surface area contributed by atoms with E-state index in [9.17, 15) is 14.4 Å².